The first-order chi connectivity index (χ1) is 11.6. The molecule has 0 fully saturated rings. The molecule has 0 aliphatic heterocycles. The summed E-state index contributed by atoms with van der Waals surface area (Å²) in [5.41, 5.74) is 5.13. The highest BCUT2D eigenvalue weighted by atomic mass is 16.7. The van der Waals surface area contributed by atoms with Gasteiger partial charge in [-0.3, -0.25) is 4.79 Å². The largest absolute Gasteiger partial charge is 0.359 e. The Hall–Kier alpha value is -3.08. The minimum Gasteiger partial charge on any atom is -0.359 e. The van der Waals surface area contributed by atoms with Crippen molar-refractivity contribution < 1.29 is 9.63 Å². The zero-order chi connectivity index (χ0) is 16.9. The lowest BCUT2D eigenvalue weighted by Crippen LogP contribution is -2.31. The fraction of sp³-hybridized carbons (Fsp3) is 0.158. The predicted molar refractivity (Wildman–Crippen MR) is 91.9 cm³/mol. The van der Waals surface area contributed by atoms with Crippen molar-refractivity contribution in [2.24, 2.45) is 0 Å². The lowest BCUT2D eigenvalue weighted by Gasteiger charge is -2.13. The molecule has 0 radical (unpaired) electrons. The molecule has 1 amide bonds. The molecule has 0 bridgehead atoms. The number of hydrogen-bond acceptors (Lipinski definition) is 3. The van der Waals surface area contributed by atoms with Crippen molar-refractivity contribution in [2.45, 2.75) is 19.8 Å². The molecule has 0 aliphatic carbocycles. The normalized spacial score (nSPS) is 11.8. The average Bonchev–Trinajstić information content (AvgIpc) is 3.01. The van der Waals surface area contributed by atoms with Crippen molar-refractivity contribution in [1.82, 2.24) is 15.3 Å². The monoisotopic (exact) mass is 321 g/mol. The molecule has 3 aromatic rings. The van der Waals surface area contributed by atoms with Crippen LogP contribution in [-0.4, -0.2) is 15.7 Å². The van der Waals surface area contributed by atoms with Gasteiger partial charge in [-0.2, -0.15) is 15.3 Å². The molecule has 0 saturated heterocycles. The van der Waals surface area contributed by atoms with Gasteiger partial charge >= 0.3 is 0 Å². The van der Waals surface area contributed by atoms with Crippen LogP contribution in [0.5, 0.6) is 5.88 Å². The summed E-state index contributed by atoms with van der Waals surface area (Å²) in [6.07, 6.45) is 0. The molecule has 1 unspecified atom stereocenters. The Labute approximate surface area is 140 Å². The Morgan fingerprint density at radius 1 is 1.08 bits per heavy atom. The third-order valence-corrected chi connectivity index (χ3v) is 3.75. The van der Waals surface area contributed by atoms with Gasteiger partial charge in [-0.05, 0) is 31.5 Å². The van der Waals surface area contributed by atoms with E-state index in [-0.39, 0.29) is 11.8 Å². The summed E-state index contributed by atoms with van der Waals surface area (Å²) < 4.78 is 1.66. The Morgan fingerprint density at radius 2 is 1.71 bits per heavy atom. The lowest BCUT2D eigenvalue weighted by atomic mass is 10.0. The minimum atomic E-state index is -0.305. The highest BCUT2D eigenvalue weighted by molar-refractivity contribution is 5.82. The second-order valence-electron chi connectivity index (χ2n) is 5.57. The molecule has 1 N–H and O–H groups in total. The molecule has 2 aromatic carbocycles. The maximum absolute atomic E-state index is 12.3. The topological polar surface area (TPSA) is 56.1 Å². The van der Waals surface area contributed by atoms with E-state index in [0.717, 1.165) is 16.9 Å². The van der Waals surface area contributed by atoms with Crippen LogP contribution < -0.4 is 10.3 Å². The number of benzene rings is 2. The summed E-state index contributed by atoms with van der Waals surface area (Å²) in [6.45, 7) is 3.72. The molecular weight excluding hydrogens is 302 g/mol. The number of nitrogens with zero attached hydrogens (tertiary/aromatic N) is 2. The van der Waals surface area contributed by atoms with Crippen molar-refractivity contribution in [3.8, 4) is 11.6 Å². The minimum absolute atomic E-state index is 0.209. The highest BCUT2D eigenvalue weighted by Gasteiger charge is 2.17. The molecule has 0 saturated carbocycles. The zero-order valence-electron chi connectivity index (χ0n) is 13.6. The molecule has 3 rings (SSSR count). The quantitative estimate of drug-likeness (QED) is 0.733. The smallest absolute Gasteiger partial charge is 0.259 e. The van der Waals surface area contributed by atoms with Gasteiger partial charge in [-0.15, -0.1) is 0 Å². The number of amides is 1. The Kier molecular flexibility index (Phi) is 4.61. The summed E-state index contributed by atoms with van der Waals surface area (Å²) >= 11 is 0. The van der Waals surface area contributed by atoms with Gasteiger partial charge in [0, 0.05) is 6.07 Å². The summed E-state index contributed by atoms with van der Waals surface area (Å²) in [7, 11) is 0. The number of carbonyl (C=O) groups is 1. The molecule has 5 nitrogen and oxygen atoms in total. The van der Waals surface area contributed by atoms with E-state index in [9.17, 15) is 4.79 Å². The van der Waals surface area contributed by atoms with Crippen LogP contribution in [0.1, 0.15) is 24.1 Å². The molecule has 0 aliphatic rings. The van der Waals surface area contributed by atoms with Crippen LogP contribution in [0.25, 0.3) is 5.69 Å². The predicted octanol–water partition coefficient (Wildman–Crippen LogP) is 3.39. The van der Waals surface area contributed by atoms with Gasteiger partial charge in [0.25, 0.3) is 5.91 Å². The van der Waals surface area contributed by atoms with E-state index in [1.165, 1.54) is 0 Å². The Balaban J connectivity index is 1.72. The second-order valence-corrected chi connectivity index (χ2v) is 5.57. The van der Waals surface area contributed by atoms with Crippen molar-refractivity contribution in [1.29, 1.82) is 0 Å². The van der Waals surface area contributed by atoms with E-state index in [1.54, 1.807) is 10.7 Å². The fourth-order valence-corrected chi connectivity index (χ4v) is 2.39. The van der Waals surface area contributed by atoms with Gasteiger partial charge < -0.3 is 4.84 Å². The summed E-state index contributed by atoms with van der Waals surface area (Å²) in [5.74, 6) is -0.0487. The first-order valence-corrected chi connectivity index (χ1v) is 7.79. The highest BCUT2D eigenvalue weighted by Crippen LogP contribution is 2.19. The van der Waals surface area contributed by atoms with Crippen molar-refractivity contribution in [3.63, 3.8) is 0 Å². The number of hydroxylamine groups is 1. The Morgan fingerprint density at radius 3 is 2.38 bits per heavy atom. The number of nitrogens with one attached hydrogen (secondary N) is 1. The van der Waals surface area contributed by atoms with E-state index in [4.69, 9.17) is 4.84 Å². The van der Waals surface area contributed by atoms with Gasteiger partial charge in [0.15, 0.2) is 0 Å². The molecule has 122 valence electrons. The van der Waals surface area contributed by atoms with Gasteiger partial charge in [0.1, 0.15) is 0 Å². The van der Waals surface area contributed by atoms with Gasteiger partial charge in [0.2, 0.25) is 5.88 Å². The van der Waals surface area contributed by atoms with Crippen LogP contribution in [-0.2, 0) is 4.79 Å². The third kappa shape index (κ3) is 3.46. The molecule has 24 heavy (non-hydrogen) atoms. The van der Waals surface area contributed by atoms with E-state index in [0.29, 0.717) is 5.88 Å². The van der Waals surface area contributed by atoms with E-state index in [1.807, 2.05) is 74.5 Å². The molecule has 1 heterocycles. The lowest BCUT2D eigenvalue weighted by molar-refractivity contribution is -0.129. The molecule has 0 spiro atoms. The van der Waals surface area contributed by atoms with Crippen LogP contribution in [0.2, 0.25) is 0 Å². The standard InChI is InChI=1S/C19H19N3O2/c1-14-13-18(22(20-14)17-11-7-4-8-12-17)24-21-19(23)15(2)16-9-5-3-6-10-16/h3-13,15H,1-2H3,(H,21,23). The van der Waals surface area contributed by atoms with Gasteiger partial charge in [-0.1, -0.05) is 48.5 Å². The Bertz CT molecular complexity index is 813. The molecule has 1 aromatic heterocycles. The summed E-state index contributed by atoms with van der Waals surface area (Å²) in [4.78, 5) is 17.8. The fourth-order valence-electron chi connectivity index (χ4n) is 2.39. The van der Waals surface area contributed by atoms with E-state index < -0.39 is 0 Å². The van der Waals surface area contributed by atoms with Crippen LogP contribution in [0.4, 0.5) is 0 Å². The van der Waals surface area contributed by atoms with Crippen LogP contribution in [0, 0.1) is 6.92 Å². The maximum atomic E-state index is 12.3. The zero-order valence-corrected chi connectivity index (χ0v) is 13.6. The molecule has 5 heteroatoms. The summed E-state index contributed by atoms with van der Waals surface area (Å²) in [6, 6.07) is 21.0. The number of aromatic nitrogens is 2. The van der Waals surface area contributed by atoms with Gasteiger partial charge in [-0.25, -0.2) is 0 Å². The number of para-hydroxylation sites is 1. The van der Waals surface area contributed by atoms with Crippen LogP contribution in [0.3, 0.4) is 0 Å². The third-order valence-electron chi connectivity index (χ3n) is 3.75. The molecular formula is C19H19N3O2. The van der Waals surface area contributed by atoms with Crippen molar-refractivity contribution >= 4 is 5.91 Å². The number of aryl methyl sites for hydroxylation is 1. The number of rotatable bonds is 5. The summed E-state index contributed by atoms with van der Waals surface area (Å²) in [5, 5.41) is 4.40. The van der Waals surface area contributed by atoms with Crippen molar-refractivity contribution in [3.05, 3.63) is 78.0 Å². The van der Waals surface area contributed by atoms with E-state index in [2.05, 4.69) is 10.6 Å². The number of carbonyl (C=O) groups excluding carboxylic acids is 1. The number of hydrogen-bond donors (Lipinski definition) is 1. The first-order valence-electron chi connectivity index (χ1n) is 7.79. The maximum Gasteiger partial charge on any atom is 0.259 e. The first kappa shape index (κ1) is 15.8. The average molecular weight is 321 g/mol. The second kappa shape index (κ2) is 7.00. The van der Waals surface area contributed by atoms with Crippen molar-refractivity contribution in [2.75, 3.05) is 0 Å². The SMILES string of the molecule is Cc1cc(ONC(=O)C(C)c2ccccc2)n(-c2ccccc2)n1. The molecule has 1 atom stereocenters. The van der Waals surface area contributed by atoms with Gasteiger partial charge in [0.05, 0.1) is 17.3 Å². The van der Waals surface area contributed by atoms with Crippen LogP contribution >= 0.6 is 0 Å². The van der Waals surface area contributed by atoms with Crippen LogP contribution in [0.15, 0.2) is 66.7 Å². The van der Waals surface area contributed by atoms with E-state index >= 15 is 0 Å².